The summed E-state index contributed by atoms with van der Waals surface area (Å²) in [5, 5.41) is 0. The fourth-order valence-electron chi connectivity index (χ4n) is 1.54. The lowest BCUT2D eigenvalue weighted by Gasteiger charge is -2.09. The molecular weight excluding hydrogens is 260 g/mol. The predicted molar refractivity (Wildman–Crippen MR) is 73.4 cm³/mol. The Morgan fingerprint density at radius 2 is 2.15 bits per heavy atom. The second-order valence-electron chi connectivity index (χ2n) is 4.01. The van der Waals surface area contributed by atoms with Gasteiger partial charge in [-0.15, -0.1) is 6.58 Å². The third-order valence-electron chi connectivity index (χ3n) is 2.48. The molecule has 0 aromatic heterocycles. The minimum Gasteiger partial charge on any atom is -0.479 e. The van der Waals surface area contributed by atoms with Gasteiger partial charge in [0.15, 0.2) is 0 Å². The van der Waals surface area contributed by atoms with Crippen LogP contribution in [0.4, 0.5) is 0 Å². The van der Waals surface area contributed by atoms with Gasteiger partial charge in [0.1, 0.15) is 11.9 Å². The summed E-state index contributed by atoms with van der Waals surface area (Å²) in [7, 11) is 0. The fraction of sp³-hybridized carbons (Fsp3) is 0.333. The zero-order valence-electron chi connectivity index (χ0n) is 11.7. The van der Waals surface area contributed by atoms with Crippen molar-refractivity contribution in [2.45, 2.75) is 26.4 Å². The van der Waals surface area contributed by atoms with Crippen molar-refractivity contribution >= 4 is 11.9 Å². The van der Waals surface area contributed by atoms with Gasteiger partial charge in [0.2, 0.25) is 5.76 Å². The van der Waals surface area contributed by atoms with Gasteiger partial charge < -0.3 is 14.2 Å². The van der Waals surface area contributed by atoms with Gasteiger partial charge in [-0.2, -0.15) is 0 Å². The molecule has 108 valence electrons. The number of hydrogen-bond donors (Lipinski definition) is 0. The standard InChI is InChI=1S/C15H18O5/c1-5-8-11-12(9-13(16)18-7-3)20-15(17)14(11)19-10(4)6-2/h5-6,9-10H,1-2,7-8H2,3-4H3/b12-9+. The molecule has 20 heavy (non-hydrogen) atoms. The monoisotopic (exact) mass is 278 g/mol. The second kappa shape index (κ2) is 7.33. The van der Waals surface area contributed by atoms with E-state index in [1.165, 1.54) is 0 Å². The Balaban J connectivity index is 3.09. The molecule has 0 aromatic carbocycles. The molecule has 1 heterocycles. The summed E-state index contributed by atoms with van der Waals surface area (Å²) in [6, 6.07) is 0. The van der Waals surface area contributed by atoms with E-state index in [1.54, 1.807) is 26.0 Å². The Labute approximate surface area is 118 Å². The maximum absolute atomic E-state index is 11.8. The summed E-state index contributed by atoms with van der Waals surface area (Å²) in [6.45, 7) is 10.9. The first-order valence-corrected chi connectivity index (χ1v) is 6.27. The Morgan fingerprint density at radius 3 is 2.70 bits per heavy atom. The van der Waals surface area contributed by atoms with Crippen molar-refractivity contribution in [2.75, 3.05) is 6.61 Å². The highest BCUT2D eigenvalue weighted by Gasteiger charge is 2.32. The maximum atomic E-state index is 11.8. The van der Waals surface area contributed by atoms with E-state index >= 15 is 0 Å². The van der Waals surface area contributed by atoms with Gasteiger partial charge in [-0.25, -0.2) is 9.59 Å². The van der Waals surface area contributed by atoms with Gasteiger partial charge in [-0.05, 0) is 20.3 Å². The van der Waals surface area contributed by atoms with Crippen LogP contribution in [0.5, 0.6) is 0 Å². The lowest BCUT2D eigenvalue weighted by Crippen LogP contribution is -2.10. The SMILES string of the molecule is C=CCC1=C(OC(C)C=C)C(=O)O/C1=C/C(=O)OCC. The van der Waals surface area contributed by atoms with Crippen LogP contribution in [-0.4, -0.2) is 24.6 Å². The number of allylic oxidation sites excluding steroid dienone is 2. The van der Waals surface area contributed by atoms with Crippen LogP contribution in [0.25, 0.3) is 0 Å². The van der Waals surface area contributed by atoms with Crippen molar-refractivity contribution in [1.29, 1.82) is 0 Å². The molecule has 0 aliphatic carbocycles. The number of cyclic esters (lactones) is 1. The molecular formula is C15H18O5. The summed E-state index contributed by atoms with van der Waals surface area (Å²) in [5.41, 5.74) is 0.478. The zero-order valence-corrected chi connectivity index (χ0v) is 11.7. The minimum atomic E-state index is -0.633. The third-order valence-corrected chi connectivity index (χ3v) is 2.48. The first-order valence-electron chi connectivity index (χ1n) is 6.27. The summed E-state index contributed by atoms with van der Waals surface area (Å²) >= 11 is 0. The van der Waals surface area contributed by atoms with Gasteiger partial charge >= 0.3 is 11.9 Å². The van der Waals surface area contributed by atoms with Crippen LogP contribution in [0.15, 0.2) is 48.5 Å². The van der Waals surface area contributed by atoms with Crippen molar-refractivity contribution in [3.05, 3.63) is 48.5 Å². The van der Waals surface area contributed by atoms with E-state index in [-0.39, 0.29) is 24.2 Å². The van der Waals surface area contributed by atoms with E-state index in [2.05, 4.69) is 13.2 Å². The van der Waals surface area contributed by atoms with Crippen molar-refractivity contribution in [3.8, 4) is 0 Å². The van der Waals surface area contributed by atoms with Gasteiger partial charge in [0, 0.05) is 5.57 Å². The van der Waals surface area contributed by atoms with E-state index in [0.717, 1.165) is 6.08 Å². The highest BCUT2D eigenvalue weighted by molar-refractivity contribution is 5.94. The molecule has 0 saturated heterocycles. The molecule has 5 heteroatoms. The molecule has 1 aliphatic rings. The zero-order chi connectivity index (χ0) is 15.1. The molecule has 1 aliphatic heterocycles. The van der Waals surface area contributed by atoms with Crippen LogP contribution in [0.1, 0.15) is 20.3 Å². The highest BCUT2D eigenvalue weighted by Crippen LogP contribution is 2.30. The molecule has 0 bridgehead atoms. The molecule has 0 fully saturated rings. The summed E-state index contributed by atoms with van der Waals surface area (Å²) in [5.74, 6) is -0.992. The molecule has 0 radical (unpaired) electrons. The predicted octanol–water partition coefficient (Wildman–Crippen LogP) is 2.41. The Morgan fingerprint density at radius 1 is 1.45 bits per heavy atom. The molecule has 5 nitrogen and oxygen atoms in total. The average molecular weight is 278 g/mol. The van der Waals surface area contributed by atoms with Gasteiger partial charge in [0.25, 0.3) is 0 Å². The molecule has 1 atom stereocenters. The van der Waals surface area contributed by atoms with Crippen molar-refractivity contribution in [2.24, 2.45) is 0 Å². The molecule has 0 amide bonds. The first-order chi connectivity index (χ1) is 9.53. The van der Waals surface area contributed by atoms with Crippen LogP contribution in [0, 0.1) is 0 Å². The van der Waals surface area contributed by atoms with Crippen LogP contribution in [0.3, 0.4) is 0 Å². The van der Waals surface area contributed by atoms with E-state index in [1.807, 2.05) is 0 Å². The minimum absolute atomic E-state index is 0.0767. The number of rotatable bonds is 7. The first kappa shape index (κ1) is 15.8. The third kappa shape index (κ3) is 3.85. The molecule has 0 N–H and O–H groups in total. The summed E-state index contributed by atoms with van der Waals surface area (Å²) in [6.07, 6.45) is 4.28. The van der Waals surface area contributed by atoms with Gasteiger partial charge in [-0.1, -0.05) is 18.7 Å². The smallest absolute Gasteiger partial charge is 0.379 e. The molecule has 0 saturated carbocycles. The Hall–Kier alpha value is -2.30. The molecule has 0 aromatic rings. The lowest BCUT2D eigenvalue weighted by atomic mass is 10.1. The topological polar surface area (TPSA) is 61.8 Å². The quantitative estimate of drug-likeness (QED) is 0.406. The second-order valence-corrected chi connectivity index (χ2v) is 4.01. The van der Waals surface area contributed by atoms with E-state index in [9.17, 15) is 9.59 Å². The summed E-state index contributed by atoms with van der Waals surface area (Å²) in [4.78, 5) is 23.2. The van der Waals surface area contributed by atoms with Crippen LogP contribution in [-0.2, 0) is 23.8 Å². The molecule has 1 rings (SSSR count). The number of esters is 2. The lowest BCUT2D eigenvalue weighted by molar-refractivity contribution is -0.138. The summed E-state index contributed by atoms with van der Waals surface area (Å²) < 4.78 is 15.3. The van der Waals surface area contributed by atoms with E-state index < -0.39 is 11.9 Å². The number of carbonyl (C=O) groups is 2. The van der Waals surface area contributed by atoms with Gasteiger partial charge in [0.05, 0.1) is 12.7 Å². The van der Waals surface area contributed by atoms with E-state index in [0.29, 0.717) is 12.0 Å². The molecule has 1 unspecified atom stereocenters. The van der Waals surface area contributed by atoms with Gasteiger partial charge in [-0.3, -0.25) is 0 Å². The van der Waals surface area contributed by atoms with Crippen LogP contribution in [0.2, 0.25) is 0 Å². The van der Waals surface area contributed by atoms with Crippen molar-refractivity contribution < 1.29 is 23.8 Å². The van der Waals surface area contributed by atoms with Crippen LogP contribution >= 0.6 is 0 Å². The van der Waals surface area contributed by atoms with E-state index in [4.69, 9.17) is 14.2 Å². The van der Waals surface area contributed by atoms with Crippen LogP contribution < -0.4 is 0 Å². The number of ether oxygens (including phenoxy) is 3. The normalized spacial score (nSPS) is 17.7. The average Bonchev–Trinajstić information content (AvgIpc) is 2.67. The Kier molecular flexibility index (Phi) is 5.77. The van der Waals surface area contributed by atoms with Crippen molar-refractivity contribution in [1.82, 2.24) is 0 Å². The number of hydrogen-bond acceptors (Lipinski definition) is 5. The highest BCUT2D eigenvalue weighted by atomic mass is 16.6. The Bertz CT molecular complexity index is 484. The maximum Gasteiger partial charge on any atom is 0.379 e. The number of carbonyl (C=O) groups excluding carboxylic acids is 2. The largest absolute Gasteiger partial charge is 0.479 e. The molecule has 0 spiro atoms. The van der Waals surface area contributed by atoms with Crippen molar-refractivity contribution in [3.63, 3.8) is 0 Å². The fourth-order valence-corrected chi connectivity index (χ4v) is 1.54.